The molecule has 6 heteroatoms. The van der Waals surface area contributed by atoms with Crippen LogP contribution >= 0.6 is 0 Å². The van der Waals surface area contributed by atoms with Crippen LogP contribution in [0.15, 0.2) is 0 Å². The topological polar surface area (TPSA) is 110 Å². The summed E-state index contributed by atoms with van der Waals surface area (Å²) in [7, 11) is 0. The van der Waals surface area contributed by atoms with Gasteiger partial charge in [-0.2, -0.15) is 0 Å². The number of aliphatic hydroxyl groups excluding tert-OH is 3. The minimum absolute atomic E-state index is 0.846. The molecule has 0 radical (unpaired) electrons. The number of carboxylic acid groups (broad SMARTS) is 1. The van der Waals surface area contributed by atoms with Gasteiger partial charge in [-0.3, -0.25) is 0 Å². The lowest BCUT2D eigenvalue weighted by Gasteiger charge is -2.39. The maximum atomic E-state index is 10.4. The van der Waals surface area contributed by atoms with Crippen molar-refractivity contribution in [1.82, 2.24) is 0 Å². The van der Waals surface area contributed by atoms with Crippen molar-refractivity contribution < 1.29 is 30.0 Å². The fourth-order valence-electron chi connectivity index (χ4n) is 1.25. The molecule has 5 atom stereocenters. The number of aliphatic carboxylic acids is 1. The first-order valence-corrected chi connectivity index (χ1v) is 3.85. The molecular weight excluding hydrogens is 180 g/mol. The van der Waals surface area contributed by atoms with Gasteiger partial charge in [-0.15, -0.1) is 0 Å². The lowest BCUT2D eigenvalue weighted by molar-refractivity contribution is -0.332. The van der Waals surface area contributed by atoms with Crippen LogP contribution in [0.5, 0.6) is 0 Å². The molecule has 1 fully saturated rings. The number of hydrogen-bond acceptors (Lipinski definition) is 6. The van der Waals surface area contributed by atoms with Crippen LogP contribution < -0.4 is 5.11 Å². The normalized spacial score (nSPS) is 46.0. The molecule has 0 amide bonds. The van der Waals surface area contributed by atoms with Gasteiger partial charge in [0.15, 0.2) is 0 Å². The van der Waals surface area contributed by atoms with E-state index in [0.29, 0.717) is 0 Å². The number of ether oxygens (including phenoxy) is 1. The Hall–Kier alpha value is -0.690. The van der Waals surface area contributed by atoms with Gasteiger partial charge in [0, 0.05) is 0 Å². The molecule has 0 aromatic heterocycles. The van der Waals surface area contributed by atoms with Crippen molar-refractivity contribution in [3.63, 3.8) is 0 Å². The standard InChI is InChI=1S/C7H12O6/c1-2-3(8)4(9)5(10)6(13-2)7(11)12/h2-6,8-10H,1H3,(H,11,12)/p-1/t2-,3-,4+,5-,6-/m0/s1. The summed E-state index contributed by atoms with van der Waals surface area (Å²) < 4.78 is 4.72. The first kappa shape index (κ1) is 10.4. The average Bonchev–Trinajstić information content (AvgIpc) is 2.07. The van der Waals surface area contributed by atoms with Gasteiger partial charge >= 0.3 is 0 Å². The summed E-state index contributed by atoms with van der Waals surface area (Å²) in [6, 6.07) is 0. The predicted octanol–water partition coefficient (Wildman–Crippen LogP) is -3.39. The highest BCUT2D eigenvalue weighted by atomic mass is 16.6. The molecule has 0 bridgehead atoms. The van der Waals surface area contributed by atoms with Crippen LogP contribution in [-0.4, -0.2) is 51.8 Å². The molecule has 0 aromatic rings. The summed E-state index contributed by atoms with van der Waals surface area (Å²) in [6.45, 7) is 1.40. The zero-order valence-corrected chi connectivity index (χ0v) is 6.95. The summed E-state index contributed by atoms with van der Waals surface area (Å²) in [5, 5.41) is 37.8. The van der Waals surface area contributed by atoms with E-state index < -0.39 is 36.5 Å². The van der Waals surface area contributed by atoms with E-state index in [1.54, 1.807) is 0 Å². The maximum absolute atomic E-state index is 10.4. The van der Waals surface area contributed by atoms with Gasteiger partial charge in [0.05, 0.1) is 12.1 Å². The molecule has 1 aliphatic rings. The lowest BCUT2D eigenvalue weighted by atomic mass is 9.96. The summed E-state index contributed by atoms with van der Waals surface area (Å²) in [5.41, 5.74) is 0. The van der Waals surface area contributed by atoms with Gasteiger partial charge in [-0.25, -0.2) is 0 Å². The van der Waals surface area contributed by atoms with Crippen LogP contribution in [0.3, 0.4) is 0 Å². The van der Waals surface area contributed by atoms with Crippen LogP contribution in [0.25, 0.3) is 0 Å². The molecule has 3 N–H and O–H groups in total. The van der Waals surface area contributed by atoms with E-state index in [2.05, 4.69) is 0 Å². The third kappa shape index (κ3) is 1.80. The van der Waals surface area contributed by atoms with Crippen LogP contribution in [0.2, 0.25) is 0 Å². The second kappa shape index (κ2) is 3.59. The molecule has 0 saturated carbocycles. The quantitative estimate of drug-likeness (QED) is 0.398. The van der Waals surface area contributed by atoms with Crippen molar-refractivity contribution in [2.24, 2.45) is 0 Å². The molecule has 1 heterocycles. The molecule has 13 heavy (non-hydrogen) atoms. The largest absolute Gasteiger partial charge is 0.547 e. The summed E-state index contributed by atoms with van der Waals surface area (Å²) in [5.74, 6) is -1.61. The third-order valence-electron chi connectivity index (χ3n) is 2.08. The van der Waals surface area contributed by atoms with Crippen molar-refractivity contribution in [2.45, 2.75) is 37.4 Å². The van der Waals surface area contributed by atoms with E-state index in [4.69, 9.17) is 20.1 Å². The van der Waals surface area contributed by atoms with Gasteiger partial charge in [-0.05, 0) is 6.92 Å². The second-order valence-corrected chi connectivity index (χ2v) is 3.05. The zero-order valence-electron chi connectivity index (χ0n) is 6.95. The Morgan fingerprint density at radius 3 is 2.23 bits per heavy atom. The van der Waals surface area contributed by atoms with Crippen molar-refractivity contribution in [1.29, 1.82) is 0 Å². The van der Waals surface area contributed by atoms with Crippen molar-refractivity contribution >= 4 is 5.97 Å². The van der Waals surface area contributed by atoms with Crippen LogP contribution in [0.1, 0.15) is 6.92 Å². The molecule has 1 rings (SSSR count). The van der Waals surface area contributed by atoms with Gasteiger partial charge in [0.1, 0.15) is 24.4 Å². The first-order valence-electron chi connectivity index (χ1n) is 3.85. The Kier molecular flexibility index (Phi) is 2.87. The number of carbonyl (C=O) groups excluding carboxylic acids is 1. The minimum Gasteiger partial charge on any atom is -0.547 e. The maximum Gasteiger partial charge on any atom is 0.126 e. The Balaban J connectivity index is 2.76. The SMILES string of the molecule is C[C@@H]1O[C@H](C(=O)[O-])[C@@H](O)[C@H](O)[C@H]1O. The molecule has 76 valence electrons. The Morgan fingerprint density at radius 1 is 1.23 bits per heavy atom. The molecule has 0 aromatic carbocycles. The summed E-state index contributed by atoms with van der Waals surface area (Å²) in [6.07, 6.45) is -6.90. The summed E-state index contributed by atoms with van der Waals surface area (Å²) >= 11 is 0. The number of hydrogen-bond donors (Lipinski definition) is 3. The van der Waals surface area contributed by atoms with Crippen molar-refractivity contribution in [3.05, 3.63) is 0 Å². The van der Waals surface area contributed by atoms with E-state index in [1.165, 1.54) is 6.92 Å². The third-order valence-corrected chi connectivity index (χ3v) is 2.08. The highest BCUT2D eigenvalue weighted by molar-refractivity contribution is 5.71. The lowest BCUT2D eigenvalue weighted by Crippen LogP contribution is -2.61. The van der Waals surface area contributed by atoms with Crippen LogP contribution in [0.4, 0.5) is 0 Å². The average molecular weight is 191 g/mol. The minimum atomic E-state index is -1.66. The Bertz CT molecular complexity index is 205. The van der Waals surface area contributed by atoms with Gasteiger partial charge in [-0.1, -0.05) is 0 Å². The van der Waals surface area contributed by atoms with E-state index in [9.17, 15) is 9.90 Å². The van der Waals surface area contributed by atoms with E-state index in [-0.39, 0.29) is 0 Å². The molecule has 0 spiro atoms. The monoisotopic (exact) mass is 191 g/mol. The van der Waals surface area contributed by atoms with Crippen molar-refractivity contribution in [2.75, 3.05) is 0 Å². The number of aliphatic hydroxyl groups is 3. The molecular formula is C7H11O6-. The molecule has 0 aliphatic carbocycles. The fourth-order valence-corrected chi connectivity index (χ4v) is 1.25. The van der Waals surface area contributed by atoms with E-state index in [1.807, 2.05) is 0 Å². The van der Waals surface area contributed by atoms with E-state index in [0.717, 1.165) is 0 Å². The molecule has 1 saturated heterocycles. The smallest absolute Gasteiger partial charge is 0.126 e. The highest BCUT2D eigenvalue weighted by Gasteiger charge is 2.42. The van der Waals surface area contributed by atoms with Crippen LogP contribution in [0, 0.1) is 0 Å². The number of carbonyl (C=O) groups is 1. The Labute approximate surface area is 74.4 Å². The predicted molar refractivity (Wildman–Crippen MR) is 37.4 cm³/mol. The fraction of sp³-hybridized carbons (Fsp3) is 0.857. The van der Waals surface area contributed by atoms with Gasteiger partial charge in [0.2, 0.25) is 0 Å². The molecule has 0 unspecified atom stereocenters. The van der Waals surface area contributed by atoms with Gasteiger partial charge < -0.3 is 30.0 Å². The molecule has 1 aliphatic heterocycles. The van der Waals surface area contributed by atoms with E-state index >= 15 is 0 Å². The first-order chi connectivity index (χ1) is 5.95. The highest BCUT2D eigenvalue weighted by Crippen LogP contribution is 2.20. The van der Waals surface area contributed by atoms with Crippen LogP contribution in [-0.2, 0) is 9.53 Å². The Morgan fingerprint density at radius 2 is 1.77 bits per heavy atom. The number of rotatable bonds is 1. The van der Waals surface area contributed by atoms with Crippen molar-refractivity contribution in [3.8, 4) is 0 Å². The number of carboxylic acids is 1. The second-order valence-electron chi connectivity index (χ2n) is 3.05. The summed E-state index contributed by atoms with van der Waals surface area (Å²) in [4.78, 5) is 10.4. The van der Waals surface area contributed by atoms with Gasteiger partial charge in [0.25, 0.3) is 0 Å². The zero-order chi connectivity index (χ0) is 10.2. The molecule has 6 nitrogen and oxygen atoms in total.